The molecule has 0 radical (unpaired) electrons. The maximum absolute atomic E-state index is 5.45. The number of benzene rings is 2. The molecule has 0 heterocycles. The minimum absolute atomic E-state index is 0.00173. The number of aliphatic imine (C=N–C) groups is 2. The van der Waals surface area contributed by atoms with E-state index < -0.39 is 0 Å². The third kappa shape index (κ3) is 3.80. The number of nitrogens with zero attached hydrogens (tertiary/aromatic N) is 2. The van der Waals surface area contributed by atoms with Crippen LogP contribution in [0.25, 0.3) is 11.1 Å². The van der Waals surface area contributed by atoms with Crippen molar-refractivity contribution in [3.63, 3.8) is 0 Å². The first-order valence-electron chi connectivity index (χ1n) is 15.5. The van der Waals surface area contributed by atoms with Gasteiger partial charge in [0, 0.05) is 40.8 Å². The zero-order valence-corrected chi connectivity index (χ0v) is 23.2. The van der Waals surface area contributed by atoms with Gasteiger partial charge in [0.25, 0.3) is 0 Å². The minimum Gasteiger partial charge on any atom is -0.294 e. The second-order valence-electron chi connectivity index (χ2n) is 12.5. The van der Waals surface area contributed by atoms with Crippen molar-refractivity contribution in [3.05, 3.63) is 59.7 Å². The highest BCUT2D eigenvalue weighted by molar-refractivity contribution is 5.91. The standard InChI is InChI=1S/C35H46N2/c1-3-33(25-36-27-15-7-5-8-16-27)23-24-34(4-2,26-37-28-17-9-6-10-18-28)35(33)31-21-13-11-19-29(31)30-20-12-14-22-32(30)35/h11-14,19-22,25-28H,3-10,15-18,23-24H2,1-2H3. The molecule has 2 atom stereocenters. The molecule has 0 bridgehead atoms. The Morgan fingerprint density at radius 1 is 0.622 bits per heavy atom. The highest BCUT2D eigenvalue weighted by atomic mass is 14.8. The first-order valence-corrected chi connectivity index (χ1v) is 15.5. The van der Waals surface area contributed by atoms with Crippen LogP contribution in [0.1, 0.15) is 115 Å². The quantitative estimate of drug-likeness (QED) is 0.357. The largest absolute Gasteiger partial charge is 0.294 e. The van der Waals surface area contributed by atoms with Gasteiger partial charge in [-0.05, 0) is 73.6 Å². The molecule has 3 saturated carbocycles. The SMILES string of the molecule is CCC1(C=NC2CCCCC2)CCC(C=NC2CCCCC2)(CC)C12c1ccccc1-c1ccccc12. The van der Waals surface area contributed by atoms with Crippen molar-refractivity contribution in [2.75, 3.05) is 0 Å². The van der Waals surface area contributed by atoms with Gasteiger partial charge in [-0.15, -0.1) is 0 Å². The maximum atomic E-state index is 5.45. The second kappa shape index (κ2) is 10.2. The number of hydrogen-bond acceptors (Lipinski definition) is 2. The first kappa shape index (κ1) is 25.1. The molecule has 0 aliphatic heterocycles. The van der Waals surface area contributed by atoms with Crippen molar-refractivity contribution in [2.45, 2.75) is 121 Å². The van der Waals surface area contributed by atoms with E-state index in [-0.39, 0.29) is 16.2 Å². The van der Waals surface area contributed by atoms with E-state index in [1.165, 1.54) is 99.3 Å². The Balaban J connectivity index is 1.57. The van der Waals surface area contributed by atoms with Gasteiger partial charge in [-0.2, -0.15) is 0 Å². The molecule has 4 aliphatic rings. The maximum Gasteiger partial charge on any atom is 0.0496 e. The van der Waals surface area contributed by atoms with Crippen LogP contribution in [0.5, 0.6) is 0 Å². The average Bonchev–Trinajstić information content (AvgIpc) is 3.44. The summed E-state index contributed by atoms with van der Waals surface area (Å²) in [5.41, 5.74) is 5.82. The van der Waals surface area contributed by atoms with Crippen molar-refractivity contribution in [1.29, 1.82) is 0 Å². The molecule has 37 heavy (non-hydrogen) atoms. The van der Waals surface area contributed by atoms with Gasteiger partial charge in [0.15, 0.2) is 0 Å². The molecule has 196 valence electrons. The lowest BCUT2D eigenvalue weighted by Crippen LogP contribution is -2.52. The summed E-state index contributed by atoms with van der Waals surface area (Å²) in [5.74, 6) is 0. The molecule has 2 aromatic carbocycles. The molecular formula is C35H46N2. The van der Waals surface area contributed by atoms with E-state index in [0.29, 0.717) is 12.1 Å². The van der Waals surface area contributed by atoms with Crippen LogP contribution in [0.4, 0.5) is 0 Å². The van der Waals surface area contributed by atoms with Gasteiger partial charge in [0.2, 0.25) is 0 Å². The van der Waals surface area contributed by atoms with E-state index in [9.17, 15) is 0 Å². The molecule has 3 fully saturated rings. The summed E-state index contributed by atoms with van der Waals surface area (Å²) in [5, 5.41) is 0. The summed E-state index contributed by atoms with van der Waals surface area (Å²) in [6, 6.07) is 19.7. The fourth-order valence-corrected chi connectivity index (χ4v) is 8.97. The Hall–Kier alpha value is -2.22. The van der Waals surface area contributed by atoms with E-state index in [4.69, 9.17) is 9.98 Å². The third-order valence-electron chi connectivity index (χ3n) is 10.9. The van der Waals surface area contributed by atoms with Crippen LogP contribution in [0.2, 0.25) is 0 Å². The molecule has 2 heteroatoms. The van der Waals surface area contributed by atoms with Crippen molar-refractivity contribution in [1.82, 2.24) is 0 Å². The predicted molar refractivity (Wildman–Crippen MR) is 158 cm³/mol. The summed E-state index contributed by atoms with van der Waals surface area (Å²) in [4.78, 5) is 10.9. The van der Waals surface area contributed by atoms with Gasteiger partial charge in [0.1, 0.15) is 0 Å². The normalized spacial score (nSPS) is 29.9. The Morgan fingerprint density at radius 3 is 1.43 bits per heavy atom. The fourth-order valence-electron chi connectivity index (χ4n) is 8.97. The third-order valence-corrected chi connectivity index (χ3v) is 10.9. The van der Waals surface area contributed by atoms with Crippen LogP contribution < -0.4 is 0 Å². The number of rotatable bonds is 6. The summed E-state index contributed by atoms with van der Waals surface area (Å²) in [6.45, 7) is 4.87. The summed E-state index contributed by atoms with van der Waals surface area (Å²) in [6.07, 6.45) is 22.8. The van der Waals surface area contributed by atoms with Crippen molar-refractivity contribution < 1.29 is 0 Å². The Labute approximate surface area is 225 Å². The Kier molecular flexibility index (Phi) is 6.88. The van der Waals surface area contributed by atoms with Gasteiger partial charge in [-0.1, -0.05) is 101 Å². The van der Waals surface area contributed by atoms with Gasteiger partial charge in [-0.25, -0.2) is 0 Å². The second-order valence-corrected chi connectivity index (χ2v) is 12.5. The topological polar surface area (TPSA) is 24.7 Å². The predicted octanol–water partition coefficient (Wildman–Crippen LogP) is 9.35. The fraction of sp³-hybridized carbons (Fsp3) is 0.600. The van der Waals surface area contributed by atoms with E-state index in [0.717, 1.165) is 12.8 Å². The lowest BCUT2D eigenvalue weighted by atomic mass is 9.50. The monoisotopic (exact) mass is 494 g/mol. The van der Waals surface area contributed by atoms with Crippen LogP contribution in [0, 0.1) is 10.8 Å². The van der Waals surface area contributed by atoms with Gasteiger partial charge in [-0.3, -0.25) is 9.98 Å². The van der Waals surface area contributed by atoms with Crippen LogP contribution in [-0.2, 0) is 5.41 Å². The number of hydrogen-bond donors (Lipinski definition) is 0. The van der Waals surface area contributed by atoms with Crippen molar-refractivity contribution in [2.24, 2.45) is 20.8 Å². The highest BCUT2D eigenvalue weighted by Crippen LogP contribution is 2.72. The van der Waals surface area contributed by atoms with Crippen LogP contribution >= 0.6 is 0 Å². The first-order chi connectivity index (χ1) is 18.2. The van der Waals surface area contributed by atoms with E-state index >= 15 is 0 Å². The zero-order chi connectivity index (χ0) is 25.3. The van der Waals surface area contributed by atoms with Crippen LogP contribution in [0.3, 0.4) is 0 Å². The molecular weight excluding hydrogens is 448 g/mol. The van der Waals surface area contributed by atoms with Gasteiger partial charge < -0.3 is 0 Å². The minimum atomic E-state index is -0.118. The van der Waals surface area contributed by atoms with Gasteiger partial charge in [0.05, 0.1) is 0 Å². The zero-order valence-electron chi connectivity index (χ0n) is 23.2. The molecule has 1 spiro atoms. The van der Waals surface area contributed by atoms with E-state index in [1.807, 2.05) is 0 Å². The molecule has 0 aromatic heterocycles. The molecule has 2 nitrogen and oxygen atoms in total. The number of fused-ring (bicyclic) bond motifs is 5. The molecule has 6 rings (SSSR count). The molecule has 0 N–H and O–H groups in total. The van der Waals surface area contributed by atoms with Crippen molar-refractivity contribution in [3.8, 4) is 11.1 Å². The molecule has 0 saturated heterocycles. The summed E-state index contributed by atoms with van der Waals surface area (Å²) < 4.78 is 0. The summed E-state index contributed by atoms with van der Waals surface area (Å²) >= 11 is 0. The molecule has 2 unspecified atom stereocenters. The van der Waals surface area contributed by atoms with Crippen LogP contribution in [-0.4, -0.2) is 24.5 Å². The van der Waals surface area contributed by atoms with E-state index in [2.05, 4.69) is 74.8 Å². The average molecular weight is 495 g/mol. The smallest absolute Gasteiger partial charge is 0.0496 e. The molecule has 4 aliphatic carbocycles. The molecule has 0 amide bonds. The Bertz CT molecular complexity index is 1060. The van der Waals surface area contributed by atoms with E-state index in [1.54, 1.807) is 0 Å². The Morgan fingerprint density at radius 2 is 1.03 bits per heavy atom. The lowest BCUT2D eigenvalue weighted by Gasteiger charge is -2.51. The summed E-state index contributed by atoms with van der Waals surface area (Å²) in [7, 11) is 0. The molecule has 2 aromatic rings. The van der Waals surface area contributed by atoms with Gasteiger partial charge >= 0.3 is 0 Å². The van der Waals surface area contributed by atoms with Crippen molar-refractivity contribution >= 4 is 12.4 Å². The van der Waals surface area contributed by atoms with Crippen LogP contribution in [0.15, 0.2) is 58.5 Å². The lowest BCUT2D eigenvalue weighted by molar-refractivity contribution is 0.197. The highest BCUT2D eigenvalue weighted by Gasteiger charge is 2.69.